The van der Waals surface area contributed by atoms with Crippen LogP contribution in [0, 0.1) is 5.46 Å². The maximum Gasteiger partial charge on any atom is 2.00 e. The average Bonchev–Trinajstić information content (AvgIpc) is 1.66. The molecule has 0 aromatic rings. The van der Waals surface area contributed by atoms with Crippen molar-refractivity contribution in [2.45, 2.75) is 0 Å². The van der Waals surface area contributed by atoms with Gasteiger partial charge in [-0.15, -0.1) is 25.3 Å². The van der Waals surface area contributed by atoms with Crippen LogP contribution < -0.4 is 11.5 Å². The van der Waals surface area contributed by atoms with E-state index in [9.17, 15) is 0 Å². The quantitative estimate of drug-likeness (QED) is 0.220. The summed E-state index contributed by atoms with van der Waals surface area (Å²) in [6, 6.07) is 0. The van der Waals surface area contributed by atoms with Crippen molar-refractivity contribution in [3.63, 3.8) is 0 Å². The van der Waals surface area contributed by atoms with Crippen LogP contribution in [-0.4, -0.2) is 8.64 Å². The second kappa shape index (κ2) is 22.4. The third-order valence-corrected chi connectivity index (χ3v) is 0. The maximum absolute atomic E-state index is 7.25. The summed E-state index contributed by atoms with van der Waals surface area (Å²) in [6.07, 6.45) is 0. The van der Waals surface area contributed by atoms with Crippen LogP contribution in [0.2, 0.25) is 0 Å². The second-order valence-corrected chi connectivity index (χ2v) is 3.12. The minimum atomic E-state index is 0. The Kier molecular flexibility index (Phi) is 46.0. The summed E-state index contributed by atoms with van der Waals surface area (Å²) in [5.74, 6) is 0. The van der Waals surface area contributed by atoms with Gasteiger partial charge >= 0.3 is 27.3 Å². The van der Waals surface area contributed by atoms with E-state index >= 15 is 0 Å². The predicted molar refractivity (Wildman–Crippen MR) is 54.0 cm³/mol. The van der Waals surface area contributed by atoms with Gasteiger partial charge in [-0.3, -0.25) is 0 Å². The molecule has 0 spiro atoms. The van der Waals surface area contributed by atoms with Gasteiger partial charge in [-0.2, -0.15) is 0 Å². The first-order valence-corrected chi connectivity index (χ1v) is 3.33. The molecule has 0 unspecified atom stereocenters. The summed E-state index contributed by atoms with van der Waals surface area (Å²) in [5.41, 5.74) is 15.2. The number of hydrogen-bond acceptors (Lipinski definition) is 3. The smallest absolute Gasteiger partial charge is 0.385 e. The van der Waals surface area contributed by atoms with Crippen molar-refractivity contribution in [1.82, 2.24) is 0 Å². The van der Waals surface area contributed by atoms with Gasteiger partial charge in [0.05, 0.1) is 0 Å². The zero-order chi connectivity index (χ0) is 9.15. The summed E-state index contributed by atoms with van der Waals surface area (Å²) in [7, 11) is 0. The molecule has 0 saturated heterocycles. The third kappa shape index (κ3) is 1790. The maximum atomic E-state index is 7.25. The summed E-state index contributed by atoms with van der Waals surface area (Å²) >= 11 is 15.3. The van der Waals surface area contributed by atoms with Gasteiger partial charge < -0.3 is 11.5 Å². The minimum Gasteiger partial charge on any atom is -0.385 e. The van der Waals surface area contributed by atoms with Crippen LogP contribution in [0.3, 0.4) is 0 Å². The fourth-order valence-electron chi connectivity index (χ4n) is 0. The predicted octanol–water partition coefficient (Wildman–Crippen LogP) is 0.213. The van der Waals surface area contributed by atoms with Crippen LogP contribution in [0.1, 0.15) is 0 Å². The molecular formula is C2H6CuN3OS4+3. The molecule has 9 heteroatoms. The molecule has 0 aliphatic rings. The molecule has 0 heterocycles. The summed E-state index contributed by atoms with van der Waals surface area (Å²) in [4.78, 5) is 0. The van der Waals surface area contributed by atoms with Crippen LogP contribution in [0.4, 0.5) is 0 Å². The molecular weight excluding hydrogens is 274 g/mol. The van der Waals surface area contributed by atoms with Crippen LogP contribution in [0.5, 0.6) is 0 Å². The van der Waals surface area contributed by atoms with Gasteiger partial charge in [0.15, 0.2) is 0 Å². The Morgan fingerprint density at radius 1 is 1.09 bits per heavy atom. The SMILES string of the molecule is N#[O+].NC(=S)S.NC(=S)S.[Cu+2]. The van der Waals surface area contributed by atoms with E-state index in [1.54, 1.807) is 0 Å². The Labute approximate surface area is 96.6 Å². The van der Waals surface area contributed by atoms with Crippen molar-refractivity contribution in [2.75, 3.05) is 0 Å². The van der Waals surface area contributed by atoms with Gasteiger partial charge in [0.2, 0.25) is 0 Å². The zero-order valence-electron chi connectivity index (χ0n) is 5.02. The third-order valence-electron chi connectivity index (χ3n) is 0. The fraction of sp³-hybridized carbons (Fsp3) is 0. The summed E-state index contributed by atoms with van der Waals surface area (Å²) in [6.45, 7) is 0. The molecule has 0 bridgehead atoms. The minimum absolute atomic E-state index is 0. The molecule has 0 aliphatic heterocycles. The molecule has 1 radical (unpaired) electrons. The van der Waals surface area contributed by atoms with Gasteiger partial charge in [-0.1, -0.05) is 24.4 Å². The Morgan fingerprint density at radius 3 is 1.09 bits per heavy atom. The fourth-order valence-corrected chi connectivity index (χ4v) is 0. The number of nitrogens with zero attached hydrogens (tertiary/aromatic N) is 1. The molecule has 0 saturated carbocycles. The van der Waals surface area contributed by atoms with Crippen molar-refractivity contribution >= 4 is 58.3 Å². The van der Waals surface area contributed by atoms with Crippen molar-refractivity contribution in [1.29, 1.82) is 5.46 Å². The van der Waals surface area contributed by atoms with Gasteiger partial charge in [0.25, 0.3) is 0 Å². The van der Waals surface area contributed by atoms with E-state index in [2.05, 4.69) is 49.7 Å². The Balaban J connectivity index is -0.0000000339. The largest absolute Gasteiger partial charge is 2.00 e. The molecule has 0 rings (SSSR count). The van der Waals surface area contributed by atoms with Crippen molar-refractivity contribution in [3.05, 3.63) is 0 Å². The normalized spacial score (nSPS) is 4.73. The number of thiol groups is 2. The zero-order valence-corrected chi connectivity index (χ0v) is 9.39. The van der Waals surface area contributed by atoms with Crippen molar-refractivity contribution < 1.29 is 21.8 Å². The van der Waals surface area contributed by atoms with Gasteiger partial charge in [0, 0.05) is 0 Å². The topological polar surface area (TPSA) is 95.7 Å². The van der Waals surface area contributed by atoms with E-state index < -0.39 is 0 Å². The monoisotopic (exact) mass is 279 g/mol. The first kappa shape index (κ1) is 22.6. The number of hydrogen-bond donors (Lipinski definition) is 4. The molecule has 4 N–H and O–H groups in total. The molecule has 0 fully saturated rings. The first-order chi connectivity index (χ1) is 4.46. The Bertz CT molecular complexity index is 108. The molecule has 4 nitrogen and oxygen atoms in total. The van der Waals surface area contributed by atoms with E-state index in [1.807, 2.05) is 0 Å². The van der Waals surface area contributed by atoms with E-state index in [0.29, 0.717) is 0 Å². The van der Waals surface area contributed by atoms with E-state index in [1.165, 1.54) is 0 Å². The van der Waals surface area contributed by atoms with Gasteiger partial charge in [0.1, 0.15) is 8.64 Å². The van der Waals surface area contributed by atoms with Crippen LogP contribution in [0.15, 0.2) is 0 Å². The first-order valence-electron chi connectivity index (χ1n) is 1.62. The number of thiocarbonyl (C=S) groups is 2. The van der Waals surface area contributed by atoms with Crippen molar-refractivity contribution in [3.8, 4) is 0 Å². The summed E-state index contributed by atoms with van der Waals surface area (Å²) < 4.78 is 7.64. The van der Waals surface area contributed by atoms with E-state index in [0.717, 1.165) is 0 Å². The standard InChI is InChI=1S/2CH3NS2.Cu.NO/c2*2-1(3)4;;1-2/h2*(H3,2,3,4);;/q;;+2;+1. The van der Waals surface area contributed by atoms with Gasteiger partial charge in [-0.25, -0.2) is 0 Å². The van der Waals surface area contributed by atoms with E-state index in [4.69, 9.17) is 21.7 Å². The molecule has 11 heavy (non-hydrogen) atoms. The number of rotatable bonds is 0. The molecule has 0 atom stereocenters. The van der Waals surface area contributed by atoms with Crippen LogP contribution in [0.25, 0.3) is 0 Å². The van der Waals surface area contributed by atoms with Crippen LogP contribution >= 0.6 is 49.7 Å². The summed E-state index contributed by atoms with van der Waals surface area (Å²) in [5, 5.41) is 0. The van der Waals surface area contributed by atoms with Gasteiger partial charge in [-0.05, 0) is 0 Å². The molecule has 0 aromatic carbocycles. The van der Waals surface area contributed by atoms with Crippen molar-refractivity contribution in [2.24, 2.45) is 11.5 Å². The molecule has 0 aromatic heterocycles. The Morgan fingerprint density at radius 2 is 1.09 bits per heavy atom. The average molecular weight is 280 g/mol. The van der Waals surface area contributed by atoms with E-state index in [-0.39, 0.29) is 25.7 Å². The molecule has 67 valence electrons. The Hall–Kier alpha value is 0.669. The molecule has 0 aliphatic carbocycles. The van der Waals surface area contributed by atoms with Crippen LogP contribution in [-0.2, 0) is 21.8 Å². The second-order valence-electron chi connectivity index (χ2n) is 0.676. The number of nitrogens with two attached hydrogens (primary N) is 2. The molecule has 0 amide bonds.